The smallest absolute Gasteiger partial charge is 0.387 e. The number of hydrogen-bond donors (Lipinski definition) is 0. The number of nitriles is 1. The van der Waals surface area contributed by atoms with Crippen molar-refractivity contribution < 1.29 is 18.3 Å². The van der Waals surface area contributed by atoms with Crippen molar-refractivity contribution in [1.82, 2.24) is 34.8 Å². The van der Waals surface area contributed by atoms with Gasteiger partial charge in [0.05, 0.1) is 24.1 Å². The van der Waals surface area contributed by atoms with E-state index in [1.807, 2.05) is 43.3 Å². The van der Waals surface area contributed by atoms with E-state index in [0.717, 1.165) is 5.56 Å². The molecule has 3 heterocycles. The molecule has 5 aromatic rings. The van der Waals surface area contributed by atoms with E-state index in [0.29, 0.717) is 34.9 Å². The van der Waals surface area contributed by atoms with E-state index in [-0.39, 0.29) is 17.4 Å². The van der Waals surface area contributed by atoms with Gasteiger partial charge in [-0.25, -0.2) is 14.2 Å². The Morgan fingerprint density at radius 2 is 1.94 bits per heavy atom. The van der Waals surface area contributed by atoms with Gasteiger partial charge in [-0.3, -0.25) is 0 Å². The lowest BCUT2D eigenvalue weighted by atomic mass is 10.0. The number of nitrogens with zero attached hydrogens (tertiary/aromatic N) is 8. The van der Waals surface area contributed by atoms with E-state index >= 15 is 0 Å². The van der Waals surface area contributed by atoms with Crippen molar-refractivity contribution in [2.45, 2.75) is 26.2 Å². The second-order valence-electron chi connectivity index (χ2n) is 7.79. The summed E-state index contributed by atoms with van der Waals surface area (Å²) in [6.07, 6.45) is 2.87. The first-order chi connectivity index (χ1) is 17.5. The highest BCUT2D eigenvalue weighted by Crippen LogP contribution is 2.32. The third-order valence-corrected chi connectivity index (χ3v) is 5.30. The molecule has 0 radical (unpaired) electrons. The minimum atomic E-state index is -3.05. The Hall–Kier alpha value is -4.92. The van der Waals surface area contributed by atoms with E-state index in [4.69, 9.17) is 9.84 Å². The summed E-state index contributed by atoms with van der Waals surface area (Å²) < 4.78 is 39.3. The molecule has 0 amide bonds. The number of alkyl halides is 2. The Morgan fingerprint density at radius 1 is 1.08 bits per heavy atom. The monoisotopic (exact) mass is 488 g/mol. The molecule has 0 saturated carbocycles. The average Bonchev–Trinajstić information content (AvgIpc) is 3.53. The molecule has 5 rings (SSSR count). The van der Waals surface area contributed by atoms with Crippen LogP contribution in [0.2, 0.25) is 0 Å². The van der Waals surface area contributed by atoms with Crippen LogP contribution in [-0.2, 0) is 6.54 Å². The van der Waals surface area contributed by atoms with Gasteiger partial charge in [0, 0.05) is 11.1 Å². The van der Waals surface area contributed by atoms with E-state index in [2.05, 4.69) is 25.2 Å². The Morgan fingerprint density at radius 3 is 2.72 bits per heavy atom. The summed E-state index contributed by atoms with van der Waals surface area (Å²) in [5.41, 5.74) is 2.75. The average molecular weight is 488 g/mol. The molecule has 0 aliphatic carbocycles. The van der Waals surface area contributed by atoms with Crippen LogP contribution in [-0.4, -0.2) is 47.5 Å². The van der Waals surface area contributed by atoms with Gasteiger partial charge < -0.3 is 9.47 Å². The largest absolute Gasteiger partial charge is 0.489 e. The summed E-state index contributed by atoms with van der Waals surface area (Å²) in [6, 6.07) is 17.5. The third kappa shape index (κ3) is 4.67. The molecular formula is C24H18F2N8O2. The highest BCUT2D eigenvalue weighted by atomic mass is 19.3. The number of hydrogen-bond acceptors (Lipinski definition) is 8. The number of tetrazole rings is 1. The topological polar surface area (TPSA) is 116 Å². The zero-order valence-electron chi connectivity index (χ0n) is 18.9. The molecule has 180 valence electrons. The minimum Gasteiger partial charge on any atom is -0.489 e. The van der Waals surface area contributed by atoms with Crippen molar-refractivity contribution >= 4 is 5.65 Å². The molecule has 0 spiro atoms. The SMILES string of the molecule is C[C@@H](Cn1cnnn1)Oc1cccc(-c2ccc3ncc(-c4cccc(OC(F)F)c4C#N)n3n2)c1. The number of imidazole rings is 1. The molecule has 0 saturated heterocycles. The fourth-order valence-corrected chi connectivity index (χ4v) is 3.79. The van der Waals surface area contributed by atoms with Crippen LogP contribution in [0.4, 0.5) is 8.78 Å². The zero-order chi connectivity index (χ0) is 25.1. The maximum absolute atomic E-state index is 12.8. The van der Waals surface area contributed by atoms with Crippen LogP contribution in [0, 0.1) is 11.3 Å². The van der Waals surface area contributed by atoms with E-state index in [1.165, 1.54) is 24.7 Å². The maximum atomic E-state index is 12.8. The summed E-state index contributed by atoms with van der Waals surface area (Å²) >= 11 is 0. The summed E-state index contributed by atoms with van der Waals surface area (Å²) in [5.74, 6) is 0.432. The molecule has 0 bridgehead atoms. The second-order valence-corrected chi connectivity index (χ2v) is 7.79. The summed E-state index contributed by atoms with van der Waals surface area (Å²) in [7, 11) is 0. The molecule has 1 atom stereocenters. The molecule has 0 aliphatic heterocycles. The highest BCUT2D eigenvalue weighted by molar-refractivity contribution is 5.73. The molecule has 36 heavy (non-hydrogen) atoms. The van der Waals surface area contributed by atoms with Crippen LogP contribution in [0.5, 0.6) is 11.5 Å². The Kier molecular flexibility index (Phi) is 6.19. The van der Waals surface area contributed by atoms with Crippen LogP contribution in [0.15, 0.2) is 67.1 Å². The van der Waals surface area contributed by atoms with Gasteiger partial charge in [-0.1, -0.05) is 24.3 Å². The molecule has 2 aromatic carbocycles. The molecule has 0 fully saturated rings. The Balaban J connectivity index is 1.47. The van der Waals surface area contributed by atoms with Crippen molar-refractivity contribution in [2.24, 2.45) is 0 Å². The van der Waals surface area contributed by atoms with Gasteiger partial charge in [0.2, 0.25) is 0 Å². The number of halogens is 2. The predicted octanol–water partition coefficient (Wildman–Crippen LogP) is 3.99. The van der Waals surface area contributed by atoms with Crippen LogP contribution >= 0.6 is 0 Å². The Labute approximate surface area is 203 Å². The van der Waals surface area contributed by atoms with Gasteiger partial charge >= 0.3 is 6.61 Å². The fourth-order valence-electron chi connectivity index (χ4n) is 3.79. The number of rotatable bonds is 8. The van der Waals surface area contributed by atoms with Crippen LogP contribution < -0.4 is 9.47 Å². The van der Waals surface area contributed by atoms with Crippen LogP contribution in [0.1, 0.15) is 12.5 Å². The predicted molar refractivity (Wildman–Crippen MR) is 123 cm³/mol. The lowest BCUT2D eigenvalue weighted by molar-refractivity contribution is -0.0500. The molecule has 3 aromatic heterocycles. The van der Waals surface area contributed by atoms with Crippen LogP contribution in [0.3, 0.4) is 0 Å². The van der Waals surface area contributed by atoms with Gasteiger partial charge in [0.25, 0.3) is 0 Å². The van der Waals surface area contributed by atoms with Crippen molar-refractivity contribution in [1.29, 1.82) is 5.26 Å². The molecule has 10 nitrogen and oxygen atoms in total. The zero-order valence-corrected chi connectivity index (χ0v) is 18.9. The van der Waals surface area contributed by atoms with Crippen molar-refractivity contribution in [2.75, 3.05) is 0 Å². The standard InChI is InChI=1S/C24H18F2N8O2/c1-15(13-33-14-29-31-32-33)35-17-5-2-4-16(10-17)20-8-9-23-28-12-21(34(23)30-20)18-6-3-7-22(19(18)11-27)36-24(25)26/h2-10,12,14-15,24H,13H2,1H3/t15-/m0/s1. The summed E-state index contributed by atoms with van der Waals surface area (Å²) in [4.78, 5) is 4.35. The summed E-state index contributed by atoms with van der Waals surface area (Å²) in [5, 5.41) is 25.4. The Bertz CT molecular complexity index is 1550. The highest BCUT2D eigenvalue weighted by Gasteiger charge is 2.18. The van der Waals surface area contributed by atoms with Gasteiger partial charge in [-0.15, -0.1) is 5.10 Å². The lowest BCUT2D eigenvalue weighted by Gasteiger charge is -2.15. The van der Waals surface area contributed by atoms with Crippen molar-refractivity contribution in [3.05, 3.63) is 72.7 Å². The van der Waals surface area contributed by atoms with Gasteiger partial charge in [0.1, 0.15) is 35.6 Å². The third-order valence-electron chi connectivity index (χ3n) is 5.30. The van der Waals surface area contributed by atoms with E-state index < -0.39 is 6.61 Å². The maximum Gasteiger partial charge on any atom is 0.387 e. The van der Waals surface area contributed by atoms with Crippen molar-refractivity contribution in [3.8, 4) is 40.1 Å². The molecule has 0 aliphatic rings. The van der Waals surface area contributed by atoms with E-state index in [1.54, 1.807) is 21.3 Å². The molecular weight excluding hydrogens is 470 g/mol. The number of aromatic nitrogens is 7. The minimum absolute atomic E-state index is 0.0289. The quantitative estimate of drug-likeness (QED) is 0.322. The molecule has 0 N–H and O–H groups in total. The molecule has 12 heteroatoms. The van der Waals surface area contributed by atoms with Gasteiger partial charge in [-0.2, -0.15) is 19.1 Å². The number of ether oxygens (including phenoxy) is 2. The fraction of sp³-hybridized carbons (Fsp3) is 0.167. The number of fused-ring (bicyclic) bond motifs is 1. The summed E-state index contributed by atoms with van der Waals surface area (Å²) in [6.45, 7) is -0.658. The second kappa shape index (κ2) is 9.75. The van der Waals surface area contributed by atoms with Crippen LogP contribution in [0.25, 0.3) is 28.2 Å². The first-order valence-corrected chi connectivity index (χ1v) is 10.8. The molecule has 0 unspecified atom stereocenters. The van der Waals surface area contributed by atoms with Gasteiger partial charge in [0.15, 0.2) is 5.65 Å². The lowest BCUT2D eigenvalue weighted by Crippen LogP contribution is -2.20. The van der Waals surface area contributed by atoms with Gasteiger partial charge in [-0.05, 0) is 47.7 Å². The first-order valence-electron chi connectivity index (χ1n) is 10.8. The first kappa shape index (κ1) is 22.9. The van der Waals surface area contributed by atoms with Crippen molar-refractivity contribution in [3.63, 3.8) is 0 Å². The van der Waals surface area contributed by atoms with E-state index in [9.17, 15) is 14.0 Å². The number of benzene rings is 2. The normalized spacial score (nSPS) is 12.0.